The lowest BCUT2D eigenvalue weighted by Crippen LogP contribution is -2.57. The number of alkyl halides is 3. The maximum Gasteiger partial charge on any atom is 0.416 e. The van der Waals surface area contributed by atoms with Gasteiger partial charge in [-0.3, -0.25) is 9.59 Å². The smallest absolute Gasteiger partial charge is 0.339 e. The summed E-state index contributed by atoms with van der Waals surface area (Å²) < 4.78 is 65.0. The van der Waals surface area contributed by atoms with Gasteiger partial charge in [0.25, 0.3) is 5.91 Å². The number of ketones is 1. The molecule has 0 atom stereocenters. The van der Waals surface area contributed by atoms with Gasteiger partial charge in [0.2, 0.25) is 0 Å². The summed E-state index contributed by atoms with van der Waals surface area (Å²) >= 11 is 6.44. The fraction of sp³-hybridized carbons (Fsp3) is 0.259. The minimum Gasteiger partial charge on any atom is -0.339 e. The van der Waals surface area contributed by atoms with Crippen LogP contribution in [0, 0.1) is 0 Å². The van der Waals surface area contributed by atoms with Crippen LogP contribution in [-0.2, 0) is 20.8 Å². The van der Waals surface area contributed by atoms with E-state index in [4.69, 9.17) is 11.6 Å². The van der Waals surface area contributed by atoms with Crippen molar-refractivity contribution < 1.29 is 31.2 Å². The van der Waals surface area contributed by atoms with Crippen LogP contribution in [-0.4, -0.2) is 51.8 Å². The number of benzene rings is 2. The van der Waals surface area contributed by atoms with E-state index < -0.39 is 33.0 Å². The predicted molar refractivity (Wildman–Crippen MR) is 143 cm³/mol. The first-order chi connectivity index (χ1) is 18.8. The van der Waals surface area contributed by atoms with Crippen molar-refractivity contribution in [1.29, 1.82) is 0 Å². The van der Waals surface area contributed by atoms with Crippen molar-refractivity contribution >= 4 is 38.8 Å². The van der Waals surface area contributed by atoms with Crippen LogP contribution in [0.2, 0.25) is 5.02 Å². The zero-order valence-electron chi connectivity index (χ0n) is 21.0. The van der Waals surface area contributed by atoms with Crippen LogP contribution >= 0.6 is 11.6 Å². The standard InChI is InChI=1S/C27H22ClF3N4O4S/c1-16(36)26(10-12-40(38,39)13-11-26)34-25(37)21-15-33-35-23(17-6-8-18(9-7-17)27(29,30)31)20(14-32-24(21)35)19-4-2-3-5-22(19)28/h2-9,14-15H,10-13H2,1H3,(H,34,37). The normalized spacial score (nSPS) is 16.5. The molecule has 13 heteroatoms. The van der Waals surface area contributed by atoms with Crippen molar-refractivity contribution in [2.45, 2.75) is 31.5 Å². The Morgan fingerprint density at radius 3 is 2.25 bits per heavy atom. The Labute approximate surface area is 232 Å². The first-order valence-corrected chi connectivity index (χ1v) is 14.3. The Morgan fingerprint density at radius 2 is 1.65 bits per heavy atom. The van der Waals surface area contributed by atoms with E-state index in [2.05, 4.69) is 15.4 Å². The van der Waals surface area contributed by atoms with E-state index in [0.717, 1.165) is 12.1 Å². The van der Waals surface area contributed by atoms with Gasteiger partial charge in [-0.15, -0.1) is 0 Å². The average molecular weight is 591 g/mol. The van der Waals surface area contributed by atoms with E-state index >= 15 is 0 Å². The van der Waals surface area contributed by atoms with Gasteiger partial charge >= 0.3 is 6.18 Å². The van der Waals surface area contributed by atoms with E-state index in [1.165, 1.54) is 36.0 Å². The molecule has 0 bridgehead atoms. The summed E-state index contributed by atoms with van der Waals surface area (Å²) in [6.45, 7) is 1.30. The lowest BCUT2D eigenvalue weighted by molar-refractivity contribution is -0.137. The van der Waals surface area contributed by atoms with Crippen molar-refractivity contribution in [2.75, 3.05) is 11.5 Å². The molecule has 1 aliphatic heterocycles. The van der Waals surface area contributed by atoms with Crippen molar-refractivity contribution in [3.8, 4) is 22.4 Å². The third-order valence-corrected chi connectivity index (χ3v) is 9.11. The molecule has 2 aromatic heterocycles. The molecule has 1 N–H and O–H groups in total. The van der Waals surface area contributed by atoms with Gasteiger partial charge in [0.1, 0.15) is 11.1 Å². The van der Waals surface area contributed by atoms with Crippen LogP contribution in [0.4, 0.5) is 13.2 Å². The summed E-state index contributed by atoms with van der Waals surface area (Å²) in [4.78, 5) is 30.4. The summed E-state index contributed by atoms with van der Waals surface area (Å²) in [6.07, 6.45) is -1.95. The highest BCUT2D eigenvalue weighted by molar-refractivity contribution is 7.91. The summed E-state index contributed by atoms with van der Waals surface area (Å²) in [7, 11) is -3.31. The van der Waals surface area contributed by atoms with Crippen molar-refractivity contribution in [3.05, 3.63) is 77.1 Å². The van der Waals surface area contributed by atoms with Crippen molar-refractivity contribution in [3.63, 3.8) is 0 Å². The number of amides is 1. The molecule has 8 nitrogen and oxygen atoms in total. The van der Waals surface area contributed by atoms with E-state index in [1.54, 1.807) is 24.3 Å². The van der Waals surface area contributed by atoms with Crippen LogP contribution in [0.5, 0.6) is 0 Å². The number of Topliss-reactive ketones (excluding diaryl/α,β-unsaturated/α-hetero) is 1. The molecule has 40 heavy (non-hydrogen) atoms. The van der Waals surface area contributed by atoms with Gasteiger partial charge in [0.15, 0.2) is 21.3 Å². The molecule has 2 aromatic carbocycles. The van der Waals surface area contributed by atoms with Gasteiger partial charge in [0, 0.05) is 27.9 Å². The quantitative estimate of drug-likeness (QED) is 0.350. The Balaban J connectivity index is 1.63. The molecule has 3 heterocycles. The number of rotatable bonds is 5. The Bertz CT molecular complexity index is 1740. The number of sulfone groups is 1. The number of aromatic nitrogens is 3. The minimum atomic E-state index is -4.53. The third kappa shape index (κ3) is 5.08. The highest BCUT2D eigenvalue weighted by atomic mass is 35.5. The maximum atomic E-state index is 13.4. The van der Waals surface area contributed by atoms with Crippen molar-refractivity contribution in [1.82, 2.24) is 19.9 Å². The zero-order chi connectivity index (χ0) is 28.9. The Kier molecular flexibility index (Phi) is 6.95. The highest BCUT2D eigenvalue weighted by Gasteiger charge is 2.43. The summed E-state index contributed by atoms with van der Waals surface area (Å²) in [6, 6.07) is 11.3. The van der Waals surface area contributed by atoms with E-state index in [-0.39, 0.29) is 41.3 Å². The van der Waals surface area contributed by atoms with E-state index in [0.29, 0.717) is 27.4 Å². The first-order valence-electron chi connectivity index (χ1n) is 12.1. The minimum absolute atomic E-state index is 0.00734. The van der Waals surface area contributed by atoms with E-state index in [9.17, 15) is 31.2 Å². The molecule has 4 aromatic rings. The zero-order valence-corrected chi connectivity index (χ0v) is 22.6. The summed E-state index contributed by atoms with van der Waals surface area (Å²) in [5.74, 6) is -1.52. The molecule has 0 aliphatic carbocycles. The molecule has 0 unspecified atom stereocenters. The molecule has 208 valence electrons. The van der Waals surface area contributed by atoms with Gasteiger partial charge in [-0.1, -0.05) is 41.9 Å². The van der Waals surface area contributed by atoms with Gasteiger partial charge in [-0.25, -0.2) is 17.9 Å². The van der Waals surface area contributed by atoms with Crippen LogP contribution in [0.15, 0.2) is 60.9 Å². The van der Waals surface area contributed by atoms with Crippen molar-refractivity contribution in [2.24, 2.45) is 0 Å². The largest absolute Gasteiger partial charge is 0.416 e. The average Bonchev–Trinajstić information content (AvgIpc) is 3.34. The Hall–Kier alpha value is -3.77. The van der Waals surface area contributed by atoms with Gasteiger partial charge in [0.05, 0.1) is 29.0 Å². The maximum absolute atomic E-state index is 13.4. The van der Waals surface area contributed by atoms with Crippen LogP contribution in [0.25, 0.3) is 28.0 Å². The molecule has 0 saturated carbocycles. The summed E-state index contributed by atoms with van der Waals surface area (Å²) in [5, 5.41) is 7.42. The molecule has 1 saturated heterocycles. The SMILES string of the molecule is CC(=O)C1(NC(=O)c2cnn3c(-c4ccc(C(F)(F)F)cc4)c(-c4ccccc4Cl)cnc23)CCS(=O)(=O)CC1. The third-order valence-electron chi connectivity index (χ3n) is 7.13. The number of fused-ring (bicyclic) bond motifs is 1. The lowest BCUT2D eigenvalue weighted by Gasteiger charge is -2.35. The molecule has 1 amide bonds. The first kappa shape index (κ1) is 27.8. The van der Waals surface area contributed by atoms with Crippen LogP contribution in [0.3, 0.4) is 0 Å². The lowest BCUT2D eigenvalue weighted by atomic mass is 9.87. The number of hydrogen-bond donors (Lipinski definition) is 1. The number of hydrogen-bond acceptors (Lipinski definition) is 6. The molecule has 5 rings (SSSR count). The highest BCUT2D eigenvalue weighted by Crippen LogP contribution is 2.38. The molecular formula is C27H22ClF3N4O4S. The van der Waals surface area contributed by atoms with Gasteiger partial charge in [-0.05, 0) is 38.0 Å². The number of carbonyl (C=O) groups excluding carboxylic acids is 2. The molecule has 1 fully saturated rings. The fourth-order valence-electron chi connectivity index (χ4n) is 4.80. The number of nitrogens with zero attached hydrogens (tertiary/aromatic N) is 3. The second kappa shape index (κ2) is 10.0. The summed E-state index contributed by atoms with van der Waals surface area (Å²) in [5.41, 5.74) is -0.369. The molecule has 1 aliphatic rings. The number of carbonyl (C=O) groups is 2. The van der Waals surface area contributed by atoms with Gasteiger partial charge in [-0.2, -0.15) is 18.3 Å². The second-order valence-corrected chi connectivity index (χ2v) is 12.3. The topological polar surface area (TPSA) is 110 Å². The number of halogens is 4. The van der Waals surface area contributed by atoms with E-state index in [1.807, 2.05) is 0 Å². The van der Waals surface area contributed by atoms with Crippen LogP contribution in [0.1, 0.15) is 35.7 Å². The van der Waals surface area contributed by atoms with Gasteiger partial charge < -0.3 is 5.32 Å². The fourth-order valence-corrected chi connectivity index (χ4v) is 6.56. The molecule has 0 spiro atoms. The second-order valence-electron chi connectivity index (χ2n) is 9.61. The van der Waals surface area contributed by atoms with Crippen LogP contribution < -0.4 is 5.32 Å². The predicted octanol–water partition coefficient (Wildman–Crippen LogP) is 5.00. The molecule has 0 radical (unpaired) electrons. The molecular weight excluding hydrogens is 569 g/mol. The monoisotopic (exact) mass is 590 g/mol. The Morgan fingerprint density at radius 1 is 1.00 bits per heavy atom. The number of nitrogens with one attached hydrogen (secondary N) is 1.